The Labute approximate surface area is 118 Å². The largest absolute Gasteiger partial charge is 0.508 e. The van der Waals surface area contributed by atoms with Gasteiger partial charge < -0.3 is 9.63 Å². The van der Waals surface area contributed by atoms with Crippen molar-refractivity contribution < 1.29 is 9.63 Å². The highest BCUT2D eigenvalue weighted by molar-refractivity contribution is 5.55. The van der Waals surface area contributed by atoms with Crippen LogP contribution in [0.3, 0.4) is 0 Å². The number of hydrogen-bond acceptors (Lipinski definition) is 4. The van der Waals surface area contributed by atoms with Crippen molar-refractivity contribution in [1.82, 2.24) is 10.1 Å². The fourth-order valence-electron chi connectivity index (χ4n) is 2.89. The van der Waals surface area contributed by atoms with Gasteiger partial charge in [0.25, 0.3) is 0 Å². The average molecular weight is 272 g/mol. The fraction of sp³-hybridized carbons (Fsp3) is 0.500. The van der Waals surface area contributed by atoms with Crippen molar-refractivity contribution in [1.29, 1.82) is 0 Å². The number of benzene rings is 1. The number of aryl methyl sites for hydroxylation is 1. The molecule has 1 fully saturated rings. The topological polar surface area (TPSA) is 59.2 Å². The number of hydrogen-bond donors (Lipinski definition) is 1. The summed E-state index contributed by atoms with van der Waals surface area (Å²) >= 11 is 0. The molecule has 0 spiro atoms. The highest BCUT2D eigenvalue weighted by Gasteiger charge is 2.15. The Morgan fingerprint density at radius 2 is 1.85 bits per heavy atom. The lowest BCUT2D eigenvalue weighted by Crippen LogP contribution is -2.07. The minimum Gasteiger partial charge on any atom is -0.508 e. The molecule has 20 heavy (non-hydrogen) atoms. The monoisotopic (exact) mass is 272 g/mol. The Morgan fingerprint density at radius 1 is 1.10 bits per heavy atom. The Morgan fingerprint density at radius 3 is 2.60 bits per heavy atom. The maximum absolute atomic E-state index is 9.27. The second-order valence-corrected chi connectivity index (χ2v) is 5.60. The van der Waals surface area contributed by atoms with E-state index in [1.807, 2.05) is 0 Å². The number of phenolic OH excluding ortho intramolecular Hbond substituents is 1. The molecule has 1 saturated carbocycles. The number of aromatic nitrogens is 2. The van der Waals surface area contributed by atoms with Gasteiger partial charge in [0.05, 0.1) is 0 Å². The van der Waals surface area contributed by atoms with Gasteiger partial charge in [-0.3, -0.25) is 0 Å². The third-order valence-corrected chi connectivity index (χ3v) is 4.08. The second kappa shape index (κ2) is 6.07. The first-order valence-corrected chi connectivity index (χ1v) is 7.43. The van der Waals surface area contributed by atoms with Crippen molar-refractivity contribution in [2.45, 2.75) is 44.9 Å². The summed E-state index contributed by atoms with van der Waals surface area (Å²) in [6.45, 7) is 0. The van der Waals surface area contributed by atoms with Crippen LogP contribution in [0, 0.1) is 5.92 Å². The Kier molecular flexibility index (Phi) is 4.00. The van der Waals surface area contributed by atoms with Gasteiger partial charge in [-0.05, 0) is 36.6 Å². The Balaban J connectivity index is 1.60. The molecular formula is C16H20N2O2. The molecule has 0 amide bonds. The van der Waals surface area contributed by atoms with Gasteiger partial charge >= 0.3 is 0 Å². The predicted octanol–water partition coefficient (Wildman–Crippen LogP) is 3.96. The lowest BCUT2D eigenvalue weighted by molar-refractivity contribution is 0.315. The third-order valence-electron chi connectivity index (χ3n) is 4.08. The summed E-state index contributed by atoms with van der Waals surface area (Å²) < 4.78 is 5.32. The number of phenols is 1. The van der Waals surface area contributed by atoms with Crippen LogP contribution in [-0.2, 0) is 6.42 Å². The van der Waals surface area contributed by atoms with E-state index in [-0.39, 0.29) is 5.75 Å². The van der Waals surface area contributed by atoms with Gasteiger partial charge in [-0.25, -0.2) is 0 Å². The summed E-state index contributed by atoms with van der Waals surface area (Å²) in [4.78, 5) is 4.44. The van der Waals surface area contributed by atoms with Gasteiger partial charge in [-0.2, -0.15) is 4.98 Å². The van der Waals surface area contributed by atoms with Crippen LogP contribution in [0.4, 0.5) is 0 Å². The molecule has 3 rings (SSSR count). The van der Waals surface area contributed by atoms with E-state index < -0.39 is 0 Å². The van der Waals surface area contributed by atoms with Crippen molar-refractivity contribution in [2.75, 3.05) is 0 Å². The van der Waals surface area contributed by atoms with Crippen LogP contribution in [0.5, 0.6) is 5.75 Å². The van der Waals surface area contributed by atoms with E-state index in [1.165, 1.54) is 32.1 Å². The van der Waals surface area contributed by atoms with E-state index in [0.29, 0.717) is 5.82 Å². The smallest absolute Gasteiger partial charge is 0.226 e. The zero-order valence-corrected chi connectivity index (χ0v) is 11.6. The van der Waals surface area contributed by atoms with Crippen LogP contribution in [0.2, 0.25) is 0 Å². The molecule has 1 aliphatic rings. The molecular weight excluding hydrogens is 252 g/mol. The summed E-state index contributed by atoms with van der Waals surface area (Å²) in [6, 6.07) is 6.86. The maximum atomic E-state index is 9.27. The van der Waals surface area contributed by atoms with E-state index >= 15 is 0 Å². The highest BCUT2D eigenvalue weighted by atomic mass is 16.5. The SMILES string of the molecule is Oc1ccc(-c2noc(CCC3CCCCC3)n2)cc1. The minimum atomic E-state index is 0.245. The molecule has 1 aliphatic carbocycles. The van der Waals surface area contributed by atoms with Gasteiger partial charge in [0.1, 0.15) is 5.75 Å². The van der Waals surface area contributed by atoms with Gasteiger partial charge in [0, 0.05) is 12.0 Å². The van der Waals surface area contributed by atoms with Crippen LogP contribution >= 0.6 is 0 Å². The van der Waals surface area contributed by atoms with Crippen LogP contribution in [-0.4, -0.2) is 15.2 Å². The molecule has 0 bridgehead atoms. The lowest BCUT2D eigenvalue weighted by Gasteiger charge is -2.20. The van der Waals surface area contributed by atoms with Crippen molar-refractivity contribution in [3.05, 3.63) is 30.2 Å². The molecule has 2 aromatic rings. The number of aromatic hydroxyl groups is 1. The standard InChI is InChI=1S/C16H20N2O2/c19-14-9-7-13(8-10-14)16-17-15(20-18-16)11-6-12-4-2-1-3-5-12/h7-10,12,19H,1-6,11H2. The summed E-state index contributed by atoms with van der Waals surface area (Å²) in [6.07, 6.45) is 8.84. The van der Waals surface area contributed by atoms with Gasteiger partial charge in [-0.15, -0.1) is 0 Å². The molecule has 1 N–H and O–H groups in total. The van der Waals surface area contributed by atoms with E-state index in [2.05, 4.69) is 10.1 Å². The first-order valence-electron chi connectivity index (χ1n) is 7.43. The van der Waals surface area contributed by atoms with E-state index in [4.69, 9.17) is 4.52 Å². The normalized spacial score (nSPS) is 16.4. The Hall–Kier alpha value is -1.84. The summed E-state index contributed by atoms with van der Waals surface area (Å²) in [5, 5.41) is 13.3. The molecule has 0 atom stereocenters. The van der Waals surface area contributed by atoms with Crippen LogP contribution in [0.1, 0.15) is 44.4 Å². The van der Waals surface area contributed by atoms with Gasteiger partial charge in [0.15, 0.2) is 0 Å². The minimum absolute atomic E-state index is 0.245. The third kappa shape index (κ3) is 3.18. The first kappa shape index (κ1) is 13.2. The molecule has 1 aromatic carbocycles. The fourth-order valence-corrected chi connectivity index (χ4v) is 2.89. The molecule has 0 saturated heterocycles. The molecule has 1 aromatic heterocycles. The molecule has 4 heteroatoms. The van der Waals surface area contributed by atoms with Crippen LogP contribution in [0.25, 0.3) is 11.4 Å². The zero-order chi connectivity index (χ0) is 13.8. The first-order chi connectivity index (χ1) is 9.81. The molecule has 0 unspecified atom stereocenters. The molecule has 0 aliphatic heterocycles. The van der Waals surface area contributed by atoms with Gasteiger partial charge in [0.2, 0.25) is 11.7 Å². The molecule has 0 radical (unpaired) electrons. The van der Waals surface area contributed by atoms with E-state index in [1.54, 1.807) is 24.3 Å². The molecule has 1 heterocycles. The van der Waals surface area contributed by atoms with Crippen LogP contribution in [0.15, 0.2) is 28.8 Å². The summed E-state index contributed by atoms with van der Waals surface area (Å²) in [7, 11) is 0. The predicted molar refractivity (Wildman–Crippen MR) is 76.3 cm³/mol. The van der Waals surface area contributed by atoms with Crippen molar-refractivity contribution in [3.8, 4) is 17.1 Å². The van der Waals surface area contributed by atoms with E-state index in [9.17, 15) is 5.11 Å². The lowest BCUT2D eigenvalue weighted by atomic mass is 9.86. The summed E-state index contributed by atoms with van der Waals surface area (Å²) in [5.74, 6) is 2.39. The Bertz CT molecular complexity index is 542. The quantitative estimate of drug-likeness (QED) is 0.915. The number of rotatable bonds is 4. The molecule has 4 nitrogen and oxygen atoms in total. The van der Waals surface area contributed by atoms with Crippen molar-refractivity contribution in [2.24, 2.45) is 5.92 Å². The second-order valence-electron chi connectivity index (χ2n) is 5.60. The van der Waals surface area contributed by atoms with Gasteiger partial charge in [-0.1, -0.05) is 37.3 Å². The average Bonchev–Trinajstić information content (AvgIpc) is 2.96. The zero-order valence-electron chi connectivity index (χ0n) is 11.6. The van der Waals surface area contributed by atoms with Crippen molar-refractivity contribution >= 4 is 0 Å². The number of nitrogens with zero attached hydrogens (tertiary/aromatic N) is 2. The molecule has 106 valence electrons. The summed E-state index contributed by atoms with van der Waals surface area (Å²) in [5.41, 5.74) is 0.871. The van der Waals surface area contributed by atoms with E-state index in [0.717, 1.165) is 30.2 Å². The highest BCUT2D eigenvalue weighted by Crippen LogP contribution is 2.27. The van der Waals surface area contributed by atoms with Crippen molar-refractivity contribution in [3.63, 3.8) is 0 Å². The maximum Gasteiger partial charge on any atom is 0.226 e. The van der Waals surface area contributed by atoms with Crippen LogP contribution < -0.4 is 0 Å².